The zero-order chi connectivity index (χ0) is 19.4. The van der Waals surface area contributed by atoms with E-state index in [1.54, 1.807) is 30.3 Å². The monoisotopic (exact) mass is 420 g/mol. The second-order valence-electron chi connectivity index (χ2n) is 5.81. The van der Waals surface area contributed by atoms with Gasteiger partial charge >= 0.3 is 0 Å². The van der Waals surface area contributed by atoms with Gasteiger partial charge in [0.25, 0.3) is 5.69 Å². The average molecular weight is 421 g/mol. The molecule has 0 bridgehead atoms. The second kappa shape index (κ2) is 8.52. The molecule has 5 nitrogen and oxygen atoms in total. The number of nitro benzene ring substituents is 1. The van der Waals surface area contributed by atoms with Gasteiger partial charge in [0.15, 0.2) is 5.78 Å². The summed E-state index contributed by atoms with van der Waals surface area (Å²) < 4.78 is 0. The lowest BCUT2D eigenvalue weighted by Crippen LogP contribution is -2.15. The van der Waals surface area contributed by atoms with Crippen molar-refractivity contribution in [3.8, 4) is 0 Å². The van der Waals surface area contributed by atoms with E-state index in [0.717, 1.165) is 5.56 Å². The summed E-state index contributed by atoms with van der Waals surface area (Å²) in [6, 6.07) is 12.6. The number of ketones is 1. The molecular weight excluding hydrogens is 407 g/mol. The Morgan fingerprint density at radius 3 is 2.44 bits per heavy atom. The van der Waals surface area contributed by atoms with Gasteiger partial charge in [0.2, 0.25) is 0 Å². The Kier molecular flexibility index (Phi) is 6.11. The Morgan fingerprint density at radius 2 is 1.85 bits per heavy atom. The van der Waals surface area contributed by atoms with Gasteiger partial charge in [-0.25, -0.2) is 0 Å². The molecule has 1 atom stereocenters. The van der Waals surface area contributed by atoms with E-state index >= 15 is 0 Å². The van der Waals surface area contributed by atoms with Crippen molar-refractivity contribution in [3.05, 3.63) is 90.6 Å². The number of nitrogens with zero attached hydrogens (tertiary/aromatic N) is 1. The molecule has 1 N–H and O–H groups in total. The number of benzene rings is 2. The number of hydrogen-bond donors (Lipinski definition) is 1. The van der Waals surface area contributed by atoms with Crippen LogP contribution >= 0.6 is 34.5 Å². The molecule has 0 spiro atoms. The Balaban J connectivity index is 1.80. The van der Waals surface area contributed by atoms with Crippen LogP contribution in [0.1, 0.15) is 28.4 Å². The maximum absolute atomic E-state index is 12.7. The molecule has 0 amide bonds. The van der Waals surface area contributed by atoms with Crippen LogP contribution in [-0.4, -0.2) is 10.7 Å². The van der Waals surface area contributed by atoms with Crippen molar-refractivity contribution in [2.45, 2.75) is 12.5 Å². The van der Waals surface area contributed by atoms with Crippen LogP contribution in [0.2, 0.25) is 10.0 Å². The molecule has 8 heteroatoms. The minimum Gasteiger partial charge on any atom is -0.378 e. The molecule has 0 fully saturated rings. The number of Topliss-reactive ketones (excluding diaryl/α,β-unsaturated/α-hetero) is 1. The molecular formula is C19H14Cl2N2O3S. The average Bonchev–Trinajstić information content (AvgIpc) is 3.18. The highest BCUT2D eigenvalue weighted by atomic mass is 35.5. The van der Waals surface area contributed by atoms with Gasteiger partial charge in [-0.3, -0.25) is 14.9 Å². The number of halogens is 2. The van der Waals surface area contributed by atoms with Gasteiger partial charge in [-0.2, -0.15) is 11.3 Å². The summed E-state index contributed by atoms with van der Waals surface area (Å²) in [6.45, 7) is 0. The van der Waals surface area contributed by atoms with Crippen molar-refractivity contribution in [2.24, 2.45) is 0 Å². The maximum atomic E-state index is 12.7. The second-order valence-corrected chi connectivity index (χ2v) is 7.41. The van der Waals surface area contributed by atoms with E-state index in [0.29, 0.717) is 21.3 Å². The number of non-ortho nitro benzene ring substituents is 1. The number of nitro groups is 1. The standard InChI is InChI=1S/C19H14Cl2N2O3S/c20-16-6-1-12(9-17(16)21)19(24)10-18(13-7-8-27-11-13)22-14-2-4-15(5-3-14)23(25)26/h1-9,11,18,22H,10H2. The normalized spacial score (nSPS) is 11.8. The molecule has 0 saturated carbocycles. The third kappa shape index (κ3) is 4.86. The molecule has 0 saturated heterocycles. The predicted molar refractivity (Wildman–Crippen MR) is 109 cm³/mol. The third-order valence-corrected chi connectivity index (χ3v) is 5.44. The molecule has 1 heterocycles. The topological polar surface area (TPSA) is 72.2 Å². The van der Waals surface area contributed by atoms with E-state index in [1.165, 1.54) is 23.5 Å². The largest absolute Gasteiger partial charge is 0.378 e. The zero-order valence-electron chi connectivity index (χ0n) is 13.9. The van der Waals surface area contributed by atoms with E-state index in [1.807, 2.05) is 16.8 Å². The third-order valence-electron chi connectivity index (χ3n) is 4.00. The molecule has 0 aliphatic heterocycles. The van der Waals surface area contributed by atoms with Gasteiger partial charge in [0.1, 0.15) is 0 Å². The van der Waals surface area contributed by atoms with Crippen LogP contribution in [0.15, 0.2) is 59.3 Å². The Morgan fingerprint density at radius 1 is 1.11 bits per heavy atom. The summed E-state index contributed by atoms with van der Waals surface area (Å²) in [5.41, 5.74) is 2.15. The van der Waals surface area contributed by atoms with Crippen molar-refractivity contribution in [1.29, 1.82) is 0 Å². The van der Waals surface area contributed by atoms with Crippen molar-refractivity contribution in [3.63, 3.8) is 0 Å². The van der Waals surface area contributed by atoms with Gasteiger partial charge in [-0.05, 0) is 52.7 Å². The van der Waals surface area contributed by atoms with Gasteiger partial charge in [0.05, 0.1) is 21.0 Å². The maximum Gasteiger partial charge on any atom is 0.269 e. The lowest BCUT2D eigenvalue weighted by molar-refractivity contribution is -0.384. The van der Waals surface area contributed by atoms with E-state index in [4.69, 9.17) is 23.2 Å². The smallest absolute Gasteiger partial charge is 0.269 e. The van der Waals surface area contributed by atoms with Crippen LogP contribution in [0.3, 0.4) is 0 Å². The zero-order valence-corrected chi connectivity index (χ0v) is 16.2. The van der Waals surface area contributed by atoms with E-state index in [2.05, 4.69) is 5.32 Å². The van der Waals surface area contributed by atoms with Crippen LogP contribution in [-0.2, 0) is 0 Å². The number of rotatable bonds is 7. The highest BCUT2D eigenvalue weighted by Crippen LogP contribution is 2.29. The fourth-order valence-electron chi connectivity index (χ4n) is 2.58. The quantitative estimate of drug-likeness (QED) is 0.273. The number of carbonyl (C=O) groups is 1. The van der Waals surface area contributed by atoms with E-state index in [-0.39, 0.29) is 23.9 Å². The first kappa shape index (κ1) is 19.4. The van der Waals surface area contributed by atoms with Gasteiger partial charge < -0.3 is 5.32 Å². The highest BCUT2D eigenvalue weighted by Gasteiger charge is 2.19. The summed E-state index contributed by atoms with van der Waals surface area (Å²) in [7, 11) is 0. The first-order valence-electron chi connectivity index (χ1n) is 7.95. The molecule has 27 heavy (non-hydrogen) atoms. The lowest BCUT2D eigenvalue weighted by atomic mass is 9.99. The first-order chi connectivity index (χ1) is 12.9. The van der Waals surface area contributed by atoms with Crippen LogP contribution in [0.25, 0.3) is 0 Å². The van der Waals surface area contributed by atoms with Crippen molar-refractivity contribution in [1.82, 2.24) is 0 Å². The first-order valence-corrected chi connectivity index (χ1v) is 9.65. The van der Waals surface area contributed by atoms with Gasteiger partial charge in [-0.15, -0.1) is 0 Å². The molecule has 1 aromatic heterocycles. The molecule has 0 aliphatic carbocycles. The van der Waals surface area contributed by atoms with Crippen LogP contribution < -0.4 is 5.32 Å². The van der Waals surface area contributed by atoms with Crippen molar-refractivity contribution in [2.75, 3.05) is 5.32 Å². The number of nitrogens with one attached hydrogen (secondary N) is 1. The van der Waals surface area contributed by atoms with E-state index < -0.39 is 4.92 Å². The fraction of sp³-hybridized carbons (Fsp3) is 0.105. The van der Waals surface area contributed by atoms with E-state index in [9.17, 15) is 14.9 Å². The number of hydrogen-bond acceptors (Lipinski definition) is 5. The predicted octanol–water partition coefficient (Wildman–Crippen LogP) is 6.39. The molecule has 138 valence electrons. The lowest BCUT2D eigenvalue weighted by Gasteiger charge is -2.19. The Bertz CT molecular complexity index is 960. The minimum atomic E-state index is -0.450. The summed E-state index contributed by atoms with van der Waals surface area (Å²) in [5.74, 6) is -0.0841. The summed E-state index contributed by atoms with van der Waals surface area (Å²) in [5, 5.41) is 18.7. The number of thiophene rings is 1. The molecule has 3 aromatic rings. The molecule has 3 rings (SSSR count). The fourth-order valence-corrected chi connectivity index (χ4v) is 3.59. The number of carbonyl (C=O) groups excluding carboxylic acids is 1. The van der Waals surface area contributed by atoms with Crippen LogP contribution in [0, 0.1) is 10.1 Å². The van der Waals surface area contributed by atoms with Gasteiger partial charge in [0, 0.05) is 29.8 Å². The van der Waals surface area contributed by atoms with Crippen molar-refractivity contribution < 1.29 is 9.72 Å². The molecule has 2 aromatic carbocycles. The van der Waals surface area contributed by atoms with Crippen LogP contribution in [0.4, 0.5) is 11.4 Å². The molecule has 0 aliphatic rings. The summed E-state index contributed by atoms with van der Waals surface area (Å²) in [6.07, 6.45) is 0.200. The SMILES string of the molecule is O=C(CC(Nc1ccc([N+](=O)[O-])cc1)c1ccsc1)c1ccc(Cl)c(Cl)c1. The van der Waals surface area contributed by atoms with Gasteiger partial charge in [-0.1, -0.05) is 23.2 Å². The van der Waals surface area contributed by atoms with Crippen molar-refractivity contribution >= 4 is 51.7 Å². The molecule has 1 unspecified atom stereocenters. The Labute approximate surface area is 169 Å². The summed E-state index contributed by atoms with van der Waals surface area (Å²) in [4.78, 5) is 23.1. The minimum absolute atomic E-state index is 0.0134. The summed E-state index contributed by atoms with van der Waals surface area (Å²) >= 11 is 13.5. The molecule has 0 radical (unpaired) electrons. The number of anilines is 1. The highest BCUT2D eigenvalue weighted by molar-refractivity contribution is 7.08. The van der Waals surface area contributed by atoms with Crippen LogP contribution in [0.5, 0.6) is 0 Å². The Hall–Kier alpha value is -2.41.